The minimum Gasteiger partial charge on any atom is -0.392 e. The van der Waals surface area contributed by atoms with Crippen LogP contribution in [0.15, 0.2) is 0 Å². The summed E-state index contributed by atoms with van der Waals surface area (Å²) in [6.45, 7) is 6.98. The van der Waals surface area contributed by atoms with Crippen molar-refractivity contribution in [3.63, 3.8) is 0 Å². The maximum atomic E-state index is 9.93. The summed E-state index contributed by atoms with van der Waals surface area (Å²) in [6, 6.07) is 0. The van der Waals surface area contributed by atoms with Gasteiger partial charge in [-0.2, -0.15) is 0 Å². The van der Waals surface area contributed by atoms with Crippen molar-refractivity contribution in [2.45, 2.75) is 64.6 Å². The van der Waals surface area contributed by atoms with Crippen molar-refractivity contribution in [2.24, 2.45) is 5.92 Å². The van der Waals surface area contributed by atoms with Gasteiger partial charge in [0, 0.05) is 13.2 Å². The Labute approximate surface area is 106 Å². The molecule has 0 aromatic rings. The summed E-state index contributed by atoms with van der Waals surface area (Å²) >= 11 is 0. The smallest absolute Gasteiger partial charge is 0.0692 e. The Balaban J connectivity index is 1.95. The van der Waals surface area contributed by atoms with Gasteiger partial charge in [-0.05, 0) is 38.1 Å². The molecule has 0 amide bonds. The molecule has 0 saturated carbocycles. The summed E-state index contributed by atoms with van der Waals surface area (Å²) in [5.74, 6) is 0.445. The van der Waals surface area contributed by atoms with Gasteiger partial charge < -0.3 is 15.2 Å². The van der Waals surface area contributed by atoms with Crippen LogP contribution in [-0.4, -0.2) is 37.0 Å². The maximum Gasteiger partial charge on any atom is 0.0692 e. The van der Waals surface area contributed by atoms with Gasteiger partial charge in [0.2, 0.25) is 0 Å². The van der Waals surface area contributed by atoms with Crippen LogP contribution in [0.1, 0.15) is 52.4 Å². The van der Waals surface area contributed by atoms with Crippen LogP contribution in [-0.2, 0) is 4.74 Å². The lowest BCUT2D eigenvalue weighted by Gasteiger charge is -2.20. The second-order valence-corrected chi connectivity index (χ2v) is 5.13. The Kier molecular flexibility index (Phi) is 7.82. The van der Waals surface area contributed by atoms with Gasteiger partial charge in [-0.25, -0.2) is 0 Å². The van der Waals surface area contributed by atoms with E-state index in [2.05, 4.69) is 19.2 Å². The van der Waals surface area contributed by atoms with Crippen molar-refractivity contribution in [1.29, 1.82) is 0 Å². The molecule has 2 unspecified atom stereocenters. The summed E-state index contributed by atoms with van der Waals surface area (Å²) in [5, 5.41) is 13.3. The molecule has 3 nitrogen and oxygen atoms in total. The lowest BCUT2D eigenvalue weighted by molar-refractivity contribution is 0.0958. The predicted octanol–water partition coefficient (Wildman–Crippen LogP) is 2.33. The number of aliphatic hydroxyl groups excluding tert-OH is 1. The molecular formula is C14H29NO2. The highest BCUT2D eigenvalue weighted by atomic mass is 16.5. The minimum absolute atomic E-state index is 0.187. The van der Waals surface area contributed by atoms with E-state index in [1.54, 1.807) is 0 Å². The lowest BCUT2D eigenvalue weighted by Crippen LogP contribution is -2.33. The molecule has 1 fully saturated rings. The summed E-state index contributed by atoms with van der Waals surface area (Å²) < 4.78 is 5.58. The number of hydrogen-bond acceptors (Lipinski definition) is 3. The third-order valence-electron chi connectivity index (χ3n) is 3.85. The first-order valence-electron chi connectivity index (χ1n) is 7.28. The van der Waals surface area contributed by atoms with Crippen LogP contribution in [0.3, 0.4) is 0 Å². The second-order valence-electron chi connectivity index (χ2n) is 5.13. The van der Waals surface area contributed by atoms with E-state index in [1.165, 1.54) is 12.8 Å². The first-order chi connectivity index (χ1) is 8.27. The molecule has 2 atom stereocenters. The van der Waals surface area contributed by atoms with E-state index < -0.39 is 0 Å². The summed E-state index contributed by atoms with van der Waals surface area (Å²) in [6.07, 6.45) is 7.22. The molecule has 2 N–H and O–H groups in total. The number of aliphatic hydroxyl groups is 1. The highest BCUT2D eigenvalue weighted by Gasteiger charge is 2.16. The molecule has 1 rings (SSSR count). The lowest BCUT2D eigenvalue weighted by atomic mass is 9.96. The molecular weight excluding hydrogens is 214 g/mol. The topological polar surface area (TPSA) is 41.5 Å². The Morgan fingerprint density at radius 1 is 1.35 bits per heavy atom. The van der Waals surface area contributed by atoms with E-state index >= 15 is 0 Å². The van der Waals surface area contributed by atoms with Gasteiger partial charge in [-0.3, -0.25) is 0 Å². The van der Waals surface area contributed by atoms with E-state index in [4.69, 9.17) is 4.74 Å². The SMILES string of the molecule is CCC(CC)C(O)CNCCCC1CCCO1. The van der Waals surface area contributed by atoms with E-state index in [9.17, 15) is 5.11 Å². The average molecular weight is 243 g/mol. The van der Waals surface area contributed by atoms with Crippen molar-refractivity contribution in [3.05, 3.63) is 0 Å². The van der Waals surface area contributed by atoms with Crippen LogP contribution in [0, 0.1) is 5.92 Å². The number of rotatable bonds is 9. The summed E-state index contributed by atoms with van der Waals surface area (Å²) in [7, 11) is 0. The first kappa shape index (κ1) is 14.9. The Morgan fingerprint density at radius 3 is 2.71 bits per heavy atom. The highest BCUT2D eigenvalue weighted by Crippen LogP contribution is 2.16. The van der Waals surface area contributed by atoms with Crippen molar-refractivity contribution < 1.29 is 9.84 Å². The van der Waals surface area contributed by atoms with Crippen LogP contribution in [0.4, 0.5) is 0 Å². The Bertz CT molecular complexity index is 177. The first-order valence-corrected chi connectivity index (χ1v) is 7.28. The van der Waals surface area contributed by atoms with E-state index in [1.807, 2.05) is 0 Å². The van der Waals surface area contributed by atoms with Gasteiger partial charge >= 0.3 is 0 Å². The summed E-state index contributed by atoms with van der Waals surface area (Å²) in [4.78, 5) is 0. The average Bonchev–Trinajstić information content (AvgIpc) is 2.83. The van der Waals surface area contributed by atoms with E-state index in [-0.39, 0.29) is 6.10 Å². The Hall–Kier alpha value is -0.120. The fraction of sp³-hybridized carbons (Fsp3) is 1.00. The second kappa shape index (κ2) is 8.90. The number of hydrogen-bond donors (Lipinski definition) is 2. The van der Waals surface area contributed by atoms with Crippen LogP contribution in [0.25, 0.3) is 0 Å². The fourth-order valence-corrected chi connectivity index (χ4v) is 2.58. The molecule has 0 bridgehead atoms. The molecule has 3 heteroatoms. The monoisotopic (exact) mass is 243 g/mol. The summed E-state index contributed by atoms with van der Waals surface area (Å²) in [5.41, 5.74) is 0. The van der Waals surface area contributed by atoms with Crippen molar-refractivity contribution in [1.82, 2.24) is 5.32 Å². The highest BCUT2D eigenvalue weighted by molar-refractivity contribution is 4.69. The molecule has 1 aliphatic rings. The van der Waals surface area contributed by atoms with Crippen molar-refractivity contribution >= 4 is 0 Å². The molecule has 0 radical (unpaired) electrons. The van der Waals surface area contributed by atoms with Gasteiger partial charge in [-0.1, -0.05) is 26.7 Å². The molecule has 0 spiro atoms. The molecule has 0 aromatic carbocycles. The molecule has 17 heavy (non-hydrogen) atoms. The van der Waals surface area contributed by atoms with E-state index in [0.717, 1.165) is 45.4 Å². The van der Waals surface area contributed by atoms with E-state index in [0.29, 0.717) is 12.0 Å². The molecule has 1 saturated heterocycles. The quantitative estimate of drug-likeness (QED) is 0.611. The normalized spacial score (nSPS) is 22.2. The zero-order valence-electron chi connectivity index (χ0n) is 11.5. The third-order valence-corrected chi connectivity index (χ3v) is 3.85. The fourth-order valence-electron chi connectivity index (χ4n) is 2.58. The predicted molar refractivity (Wildman–Crippen MR) is 71.2 cm³/mol. The molecule has 0 aromatic heterocycles. The maximum absolute atomic E-state index is 9.93. The number of ether oxygens (including phenoxy) is 1. The molecule has 0 aliphatic carbocycles. The largest absolute Gasteiger partial charge is 0.392 e. The van der Waals surface area contributed by atoms with Crippen LogP contribution in [0.2, 0.25) is 0 Å². The standard InChI is InChI=1S/C14H29NO2/c1-3-12(4-2)14(16)11-15-9-5-7-13-8-6-10-17-13/h12-16H,3-11H2,1-2H3. The van der Waals surface area contributed by atoms with Crippen LogP contribution < -0.4 is 5.32 Å². The molecule has 1 aliphatic heterocycles. The van der Waals surface area contributed by atoms with Crippen LogP contribution in [0.5, 0.6) is 0 Å². The minimum atomic E-state index is -0.187. The van der Waals surface area contributed by atoms with Crippen LogP contribution >= 0.6 is 0 Å². The molecule has 102 valence electrons. The number of nitrogens with one attached hydrogen (secondary N) is 1. The van der Waals surface area contributed by atoms with Gasteiger partial charge in [-0.15, -0.1) is 0 Å². The zero-order valence-corrected chi connectivity index (χ0v) is 11.5. The van der Waals surface area contributed by atoms with Gasteiger partial charge in [0.05, 0.1) is 12.2 Å². The Morgan fingerprint density at radius 2 is 2.12 bits per heavy atom. The van der Waals surface area contributed by atoms with Gasteiger partial charge in [0.15, 0.2) is 0 Å². The molecule has 1 heterocycles. The zero-order chi connectivity index (χ0) is 12.5. The van der Waals surface area contributed by atoms with Gasteiger partial charge in [0.25, 0.3) is 0 Å². The van der Waals surface area contributed by atoms with Crippen molar-refractivity contribution in [3.8, 4) is 0 Å². The van der Waals surface area contributed by atoms with Crippen molar-refractivity contribution in [2.75, 3.05) is 19.7 Å². The third kappa shape index (κ3) is 5.84. The van der Waals surface area contributed by atoms with Gasteiger partial charge in [0.1, 0.15) is 0 Å².